The Morgan fingerprint density at radius 1 is 0.203 bits per heavy atom. The predicted octanol–water partition coefficient (Wildman–Crippen LogP) is 16.2. The average molecular weight is 768 g/mol. The van der Waals surface area contributed by atoms with Gasteiger partial charge in [-0.2, -0.15) is 0 Å². The molecule has 0 amide bonds. The van der Waals surface area contributed by atoms with Crippen molar-refractivity contribution >= 4 is 51.2 Å². The average Bonchev–Trinajstić information content (AvgIpc) is 3.19. The van der Waals surface area contributed by atoms with Crippen LogP contribution in [0.15, 0.2) is 176 Å². The minimum Gasteiger partial charge on any atom is -0.311 e. The maximum absolute atomic E-state index is 2.38. The second kappa shape index (κ2) is 16.6. The Hall–Kier alpha value is -6.84. The number of hydrogen-bond acceptors (Lipinski definition) is 3. The van der Waals surface area contributed by atoms with Gasteiger partial charge in [0.1, 0.15) is 0 Å². The van der Waals surface area contributed by atoms with Crippen LogP contribution in [0.3, 0.4) is 0 Å². The van der Waals surface area contributed by atoms with Crippen LogP contribution in [-0.4, -0.2) is 0 Å². The van der Waals surface area contributed by atoms with Crippen molar-refractivity contribution in [1.82, 2.24) is 0 Å². The molecule has 8 aromatic rings. The number of hydrogen-bond donors (Lipinski definition) is 0. The first-order valence-corrected chi connectivity index (χ1v) is 20.6. The summed E-state index contributed by atoms with van der Waals surface area (Å²) in [6, 6.07) is 64.7. The summed E-state index contributed by atoms with van der Waals surface area (Å²) in [5.41, 5.74) is 22.4. The number of rotatable bonds is 10. The van der Waals surface area contributed by atoms with Gasteiger partial charge in [-0.1, -0.05) is 66.7 Å². The molecule has 0 N–H and O–H groups in total. The highest BCUT2D eigenvalue weighted by molar-refractivity contribution is 5.84. The van der Waals surface area contributed by atoms with E-state index in [2.05, 4.69) is 246 Å². The smallest absolute Gasteiger partial charge is 0.0466 e. The van der Waals surface area contributed by atoms with E-state index in [-0.39, 0.29) is 0 Å². The summed E-state index contributed by atoms with van der Waals surface area (Å²) in [5, 5.41) is 0. The quantitative estimate of drug-likeness (QED) is 0.137. The first-order chi connectivity index (χ1) is 28.5. The van der Waals surface area contributed by atoms with Gasteiger partial charge < -0.3 is 14.7 Å². The molecule has 0 unspecified atom stereocenters. The van der Waals surface area contributed by atoms with Crippen LogP contribution in [0, 0.1) is 55.4 Å². The number of anilines is 9. The summed E-state index contributed by atoms with van der Waals surface area (Å²) in [6.07, 6.45) is 0. The lowest BCUT2D eigenvalue weighted by Crippen LogP contribution is -2.13. The van der Waals surface area contributed by atoms with E-state index in [1.165, 1.54) is 55.6 Å². The second-order valence-electron chi connectivity index (χ2n) is 16.3. The summed E-state index contributed by atoms with van der Waals surface area (Å²) < 4.78 is 0. The summed E-state index contributed by atoms with van der Waals surface area (Å²) in [7, 11) is 0. The zero-order valence-electron chi connectivity index (χ0n) is 35.6. The Labute approximate surface area is 351 Å². The highest BCUT2D eigenvalue weighted by Gasteiger charge is 2.19. The van der Waals surface area contributed by atoms with Gasteiger partial charge in [0.2, 0.25) is 0 Å². The minimum atomic E-state index is 1.08. The fourth-order valence-corrected chi connectivity index (χ4v) is 8.60. The maximum Gasteiger partial charge on any atom is 0.0466 e. The molecule has 0 heterocycles. The molecule has 59 heavy (non-hydrogen) atoms. The molecule has 0 saturated carbocycles. The summed E-state index contributed by atoms with van der Waals surface area (Å²) in [5.74, 6) is 0. The lowest BCUT2D eigenvalue weighted by atomic mass is 10.0. The van der Waals surface area contributed by atoms with Crippen LogP contribution < -0.4 is 14.7 Å². The van der Waals surface area contributed by atoms with Crippen molar-refractivity contribution in [3.05, 3.63) is 220 Å². The lowest BCUT2D eigenvalue weighted by molar-refractivity contribution is 1.22. The molecule has 0 aliphatic rings. The van der Waals surface area contributed by atoms with Crippen molar-refractivity contribution in [2.75, 3.05) is 14.7 Å². The second-order valence-corrected chi connectivity index (χ2v) is 16.3. The molecule has 8 rings (SSSR count). The molecule has 0 bridgehead atoms. The molecule has 292 valence electrons. The van der Waals surface area contributed by atoms with Crippen molar-refractivity contribution in [1.29, 1.82) is 0 Å². The largest absolute Gasteiger partial charge is 0.311 e. The van der Waals surface area contributed by atoms with Gasteiger partial charge in [-0.05, 0) is 220 Å². The molecule has 0 fully saturated rings. The Balaban J connectivity index is 1.23. The van der Waals surface area contributed by atoms with E-state index < -0.39 is 0 Å². The van der Waals surface area contributed by atoms with Crippen molar-refractivity contribution < 1.29 is 0 Å². The van der Waals surface area contributed by atoms with Crippen LogP contribution in [0.2, 0.25) is 0 Å². The van der Waals surface area contributed by atoms with Gasteiger partial charge in [0.05, 0.1) is 0 Å². The van der Waals surface area contributed by atoms with Gasteiger partial charge in [0.15, 0.2) is 0 Å². The minimum absolute atomic E-state index is 1.08. The third-order valence-electron chi connectivity index (χ3n) is 10.8. The lowest BCUT2D eigenvalue weighted by Gasteiger charge is -2.30. The van der Waals surface area contributed by atoms with Crippen molar-refractivity contribution in [3.8, 4) is 11.1 Å². The highest BCUT2D eigenvalue weighted by Crippen LogP contribution is 2.42. The standard InChI is InChI=1S/C56H53N3/c1-38-26-39(2)31-53(30-38)58(54-32-40(3)27-41(4)33-54)51-22-18-49(19-23-51)57(48-16-14-47(15-17-48)46-12-10-9-11-13-46)50-20-24-52(25-21-50)59(55-34-42(5)28-43(6)35-55)56-36-44(7)29-45(8)37-56/h9-37H,1-8H3. The molecule has 8 aromatic carbocycles. The number of nitrogens with zero attached hydrogens (tertiary/aromatic N) is 3. The van der Waals surface area contributed by atoms with E-state index in [0.29, 0.717) is 0 Å². The van der Waals surface area contributed by atoms with Crippen molar-refractivity contribution in [2.45, 2.75) is 55.4 Å². The molecule has 3 nitrogen and oxygen atoms in total. The molecule has 0 spiro atoms. The van der Waals surface area contributed by atoms with Crippen LogP contribution in [0.4, 0.5) is 51.2 Å². The monoisotopic (exact) mass is 767 g/mol. The summed E-state index contributed by atoms with van der Waals surface area (Å²) in [6.45, 7) is 17.4. The molecule has 0 saturated heterocycles. The normalized spacial score (nSPS) is 11.1. The summed E-state index contributed by atoms with van der Waals surface area (Å²) in [4.78, 5) is 7.12. The summed E-state index contributed by atoms with van der Waals surface area (Å²) >= 11 is 0. The van der Waals surface area contributed by atoms with Gasteiger partial charge in [0, 0.05) is 51.2 Å². The molecule has 0 aliphatic carbocycles. The molecular formula is C56H53N3. The number of benzene rings is 8. The molecule has 0 atom stereocenters. The Morgan fingerprint density at radius 3 is 0.661 bits per heavy atom. The first kappa shape index (κ1) is 39.0. The Kier molecular flexibility index (Phi) is 10.9. The predicted molar refractivity (Wildman–Crippen MR) is 254 cm³/mol. The third-order valence-corrected chi connectivity index (χ3v) is 10.8. The van der Waals surface area contributed by atoms with Crippen LogP contribution in [0.5, 0.6) is 0 Å². The van der Waals surface area contributed by atoms with E-state index in [4.69, 9.17) is 0 Å². The molecule has 0 aliphatic heterocycles. The van der Waals surface area contributed by atoms with E-state index in [1.807, 2.05) is 0 Å². The van der Waals surface area contributed by atoms with Crippen LogP contribution >= 0.6 is 0 Å². The van der Waals surface area contributed by atoms with E-state index in [0.717, 1.165) is 51.2 Å². The number of aryl methyl sites for hydroxylation is 8. The fourth-order valence-electron chi connectivity index (χ4n) is 8.60. The molecule has 0 radical (unpaired) electrons. The fraction of sp³-hybridized carbons (Fsp3) is 0.143. The Morgan fingerprint density at radius 2 is 0.407 bits per heavy atom. The molecular weight excluding hydrogens is 715 g/mol. The Bertz CT molecular complexity index is 2400. The van der Waals surface area contributed by atoms with E-state index in [9.17, 15) is 0 Å². The van der Waals surface area contributed by atoms with Crippen LogP contribution in [0.1, 0.15) is 44.5 Å². The van der Waals surface area contributed by atoms with Gasteiger partial charge in [-0.15, -0.1) is 0 Å². The SMILES string of the molecule is Cc1cc(C)cc(N(c2ccc(N(c3ccc(-c4ccccc4)cc3)c3ccc(N(c4cc(C)cc(C)c4)c4cc(C)cc(C)c4)cc3)cc2)c2cc(C)cc(C)c2)c1. The maximum atomic E-state index is 2.38. The van der Waals surface area contributed by atoms with Crippen molar-refractivity contribution in [3.63, 3.8) is 0 Å². The van der Waals surface area contributed by atoms with Crippen LogP contribution in [-0.2, 0) is 0 Å². The van der Waals surface area contributed by atoms with Gasteiger partial charge in [-0.3, -0.25) is 0 Å². The molecule has 0 aromatic heterocycles. The van der Waals surface area contributed by atoms with Gasteiger partial charge in [0.25, 0.3) is 0 Å². The highest BCUT2D eigenvalue weighted by atomic mass is 15.2. The first-order valence-electron chi connectivity index (χ1n) is 20.6. The third kappa shape index (κ3) is 8.71. The van der Waals surface area contributed by atoms with Gasteiger partial charge in [-0.25, -0.2) is 0 Å². The zero-order valence-corrected chi connectivity index (χ0v) is 35.6. The van der Waals surface area contributed by atoms with Crippen LogP contribution in [0.25, 0.3) is 11.1 Å². The zero-order chi connectivity index (χ0) is 41.2. The topological polar surface area (TPSA) is 9.72 Å². The van der Waals surface area contributed by atoms with E-state index in [1.54, 1.807) is 0 Å². The van der Waals surface area contributed by atoms with Gasteiger partial charge >= 0.3 is 0 Å². The van der Waals surface area contributed by atoms with Crippen molar-refractivity contribution in [2.24, 2.45) is 0 Å². The molecule has 3 heteroatoms. The van der Waals surface area contributed by atoms with E-state index >= 15 is 0 Å².